The molecule has 0 aliphatic rings. The minimum Gasteiger partial charge on any atom is -0.481 e. The number of aryl methyl sites for hydroxylation is 1. The van der Waals surface area contributed by atoms with Crippen LogP contribution in [0, 0.1) is 10.5 Å². The normalized spacial score (nSPS) is 10.1. The van der Waals surface area contributed by atoms with Crippen molar-refractivity contribution in [3.05, 3.63) is 31.3 Å². The second-order valence-electron chi connectivity index (χ2n) is 2.76. The maximum absolute atomic E-state index is 10.5. The van der Waals surface area contributed by atoms with Gasteiger partial charge in [-0.15, -0.1) is 0 Å². The Morgan fingerprint density at radius 2 is 2.23 bits per heavy atom. The molecule has 0 heterocycles. The highest BCUT2D eigenvalue weighted by molar-refractivity contribution is 14.1. The van der Waals surface area contributed by atoms with Crippen molar-refractivity contribution in [3.8, 4) is 0 Å². The molecule has 0 atom stereocenters. The average molecular weight is 355 g/mol. The van der Waals surface area contributed by atoms with E-state index in [4.69, 9.17) is 5.11 Å². The molecule has 1 aromatic rings. The highest BCUT2D eigenvalue weighted by atomic mass is 127. The van der Waals surface area contributed by atoms with Gasteiger partial charge in [0.05, 0.1) is 6.42 Å². The maximum Gasteiger partial charge on any atom is 0.307 e. The van der Waals surface area contributed by atoms with Crippen molar-refractivity contribution in [1.82, 2.24) is 0 Å². The molecule has 0 spiro atoms. The average Bonchev–Trinajstić information content (AvgIpc) is 1.99. The van der Waals surface area contributed by atoms with Crippen molar-refractivity contribution in [2.75, 3.05) is 0 Å². The second-order valence-corrected chi connectivity index (χ2v) is 4.78. The number of hydrogen-bond donors (Lipinski definition) is 1. The lowest BCUT2D eigenvalue weighted by Crippen LogP contribution is -2.02. The minimum absolute atomic E-state index is 0.0924. The van der Waals surface area contributed by atoms with Crippen LogP contribution in [0.1, 0.15) is 11.1 Å². The van der Waals surface area contributed by atoms with E-state index in [1.165, 1.54) is 0 Å². The predicted molar refractivity (Wildman–Crippen MR) is 62.9 cm³/mol. The van der Waals surface area contributed by atoms with Crippen LogP contribution in [-0.2, 0) is 11.2 Å². The van der Waals surface area contributed by atoms with Gasteiger partial charge in [0.2, 0.25) is 0 Å². The number of halogens is 2. The van der Waals surface area contributed by atoms with Crippen LogP contribution < -0.4 is 0 Å². The predicted octanol–water partition coefficient (Wildman–Crippen LogP) is 2.99. The fourth-order valence-corrected chi connectivity index (χ4v) is 2.03. The molecule has 13 heavy (non-hydrogen) atoms. The van der Waals surface area contributed by atoms with Crippen LogP contribution in [0.2, 0.25) is 0 Å². The molecule has 0 saturated carbocycles. The van der Waals surface area contributed by atoms with E-state index in [-0.39, 0.29) is 6.42 Å². The summed E-state index contributed by atoms with van der Waals surface area (Å²) >= 11 is 5.57. The monoisotopic (exact) mass is 354 g/mol. The number of carbonyl (C=O) groups is 1. The second kappa shape index (κ2) is 4.41. The molecule has 0 fully saturated rings. The number of carboxylic acids is 1. The van der Waals surface area contributed by atoms with Crippen molar-refractivity contribution in [1.29, 1.82) is 0 Å². The summed E-state index contributed by atoms with van der Waals surface area (Å²) < 4.78 is 2.05. The van der Waals surface area contributed by atoms with Crippen LogP contribution >= 0.6 is 38.5 Å². The Bertz CT molecular complexity index is 350. The van der Waals surface area contributed by atoms with Gasteiger partial charge in [-0.05, 0) is 68.7 Å². The summed E-state index contributed by atoms with van der Waals surface area (Å²) in [5, 5.41) is 8.64. The molecule has 0 aromatic heterocycles. The van der Waals surface area contributed by atoms with Crippen molar-refractivity contribution in [2.24, 2.45) is 0 Å². The van der Waals surface area contributed by atoms with Crippen molar-refractivity contribution < 1.29 is 9.90 Å². The van der Waals surface area contributed by atoms with E-state index in [0.717, 1.165) is 19.2 Å². The lowest BCUT2D eigenvalue weighted by atomic mass is 10.1. The molecule has 1 aromatic carbocycles. The molecular weight excluding hydrogens is 347 g/mol. The molecule has 0 aliphatic heterocycles. The standard InChI is InChI=1S/C9H8BrIO2/c1-5-2-7(10)8(11)3-6(5)4-9(12)13/h2-3H,4H2,1H3,(H,12,13). The molecule has 1 N–H and O–H groups in total. The Morgan fingerprint density at radius 1 is 1.62 bits per heavy atom. The van der Waals surface area contributed by atoms with Crippen molar-refractivity contribution in [2.45, 2.75) is 13.3 Å². The van der Waals surface area contributed by atoms with Gasteiger partial charge in [0.1, 0.15) is 0 Å². The molecule has 2 nitrogen and oxygen atoms in total. The zero-order valence-electron chi connectivity index (χ0n) is 6.97. The van der Waals surface area contributed by atoms with Crippen molar-refractivity contribution >= 4 is 44.5 Å². The molecule has 0 aliphatic carbocycles. The van der Waals surface area contributed by atoms with Gasteiger partial charge in [-0.2, -0.15) is 0 Å². The first-order valence-electron chi connectivity index (χ1n) is 3.67. The smallest absolute Gasteiger partial charge is 0.307 e. The van der Waals surface area contributed by atoms with Crippen LogP contribution in [0.3, 0.4) is 0 Å². The molecule has 0 saturated heterocycles. The number of aliphatic carboxylic acids is 1. The molecular formula is C9H8BrIO2. The Morgan fingerprint density at radius 3 is 2.77 bits per heavy atom. The van der Waals surface area contributed by atoms with Gasteiger partial charge in [-0.1, -0.05) is 0 Å². The van der Waals surface area contributed by atoms with Crippen LogP contribution in [0.4, 0.5) is 0 Å². The lowest BCUT2D eigenvalue weighted by molar-refractivity contribution is -0.136. The topological polar surface area (TPSA) is 37.3 Å². The first kappa shape index (κ1) is 11.0. The first-order chi connectivity index (χ1) is 6.00. The molecule has 0 amide bonds. The fraction of sp³-hybridized carbons (Fsp3) is 0.222. The number of benzene rings is 1. The van der Waals surface area contributed by atoms with E-state index < -0.39 is 5.97 Å². The van der Waals surface area contributed by atoms with Gasteiger partial charge in [-0.25, -0.2) is 0 Å². The summed E-state index contributed by atoms with van der Waals surface area (Å²) in [6.45, 7) is 1.92. The third-order valence-electron chi connectivity index (χ3n) is 1.72. The summed E-state index contributed by atoms with van der Waals surface area (Å²) in [4.78, 5) is 10.5. The Balaban J connectivity index is 3.08. The van der Waals surface area contributed by atoms with Gasteiger partial charge in [0.15, 0.2) is 0 Å². The Hall–Kier alpha value is -0.100. The number of hydrogen-bond acceptors (Lipinski definition) is 1. The van der Waals surface area contributed by atoms with Gasteiger partial charge in [0, 0.05) is 8.04 Å². The van der Waals surface area contributed by atoms with Gasteiger partial charge in [0.25, 0.3) is 0 Å². The van der Waals surface area contributed by atoms with E-state index in [0.29, 0.717) is 0 Å². The first-order valence-corrected chi connectivity index (χ1v) is 5.54. The maximum atomic E-state index is 10.5. The highest BCUT2D eigenvalue weighted by Crippen LogP contribution is 2.23. The lowest BCUT2D eigenvalue weighted by Gasteiger charge is -2.05. The number of rotatable bonds is 2. The van der Waals surface area contributed by atoms with Crippen LogP contribution in [-0.4, -0.2) is 11.1 Å². The Kier molecular flexibility index (Phi) is 3.73. The highest BCUT2D eigenvalue weighted by Gasteiger charge is 2.06. The zero-order valence-corrected chi connectivity index (χ0v) is 10.7. The molecule has 4 heteroatoms. The fourth-order valence-electron chi connectivity index (χ4n) is 1.04. The van der Waals surface area contributed by atoms with E-state index in [9.17, 15) is 4.79 Å². The van der Waals surface area contributed by atoms with Gasteiger partial charge >= 0.3 is 5.97 Å². The summed E-state index contributed by atoms with van der Waals surface area (Å²) in [6.07, 6.45) is 0.0924. The van der Waals surface area contributed by atoms with E-state index >= 15 is 0 Å². The van der Waals surface area contributed by atoms with Crippen molar-refractivity contribution in [3.63, 3.8) is 0 Å². The SMILES string of the molecule is Cc1cc(Br)c(I)cc1CC(=O)O. The molecule has 0 unspecified atom stereocenters. The van der Waals surface area contributed by atoms with Gasteiger partial charge < -0.3 is 5.11 Å². The third kappa shape index (κ3) is 2.95. The molecule has 70 valence electrons. The molecule has 0 radical (unpaired) electrons. The van der Waals surface area contributed by atoms with Gasteiger partial charge in [-0.3, -0.25) is 4.79 Å². The molecule has 1 rings (SSSR count). The summed E-state index contributed by atoms with van der Waals surface area (Å²) in [7, 11) is 0. The third-order valence-corrected chi connectivity index (χ3v) is 4.01. The van der Waals surface area contributed by atoms with E-state index in [1.807, 2.05) is 19.1 Å². The molecule has 0 bridgehead atoms. The van der Waals surface area contributed by atoms with Crippen LogP contribution in [0.25, 0.3) is 0 Å². The van der Waals surface area contributed by atoms with E-state index in [2.05, 4.69) is 38.5 Å². The van der Waals surface area contributed by atoms with Crippen LogP contribution in [0.5, 0.6) is 0 Å². The Labute approximate surface area is 98.6 Å². The minimum atomic E-state index is -0.791. The quantitative estimate of drug-likeness (QED) is 0.829. The summed E-state index contributed by atoms with van der Waals surface area (Å²) in [5.41, 5.74) is 1.88. The zero-order chi connectivity index (χ0) is 10.0. The number of carboxylic acid groups (broad SMARTS) is 1. The van der Waals surface area contributed by atoms with Crippen LogP contribution in [0.15, 0.2) is 16.6 Å². The summed E-state index contributed by atoms with van der Waals surface area (Å²) in [5.74, 6) is -0.791. The van der Waals surface area contributed by atoms with E-state index in [1.54, 1.807) is 0 Å². The largest absolute Gasteiger partial charge is 0.481 e. The summed E-state index contributed by atoms with van der Waals surface area (Å²) in [6, 6.07) is 3.84.